The average Bonchev–Trinajstić information content (AvgIpc) is 3.96. The number of benzene rings is 3. The maximum atomic E-state index is 14.9. The van der Waals surface area contributed by atoms with Gasteiger partial charge in [0.15, 0.2) is 0 Å². The maximum Gasteiger partial charge on any atom is 0.405 e. The van der Waals surface area contributed by atoms with Crippen LogP contribution in [0.4, 0.5) is 19.7 Å². The standard InChI is InChI=1S/C46H58FN7O8/c1-43(2,3)35(50-41(59)60)37(55)52-24-8-22-45(52,39(48)57)29-16-12-27(13-17-29)33-20-21-34(54(33)32-11-7-10-31(47)26-32)28-14-18-30(19-15-28)46(40(49)58)23-9-25-53(46)38(56)36(44(4,5)6)51-42(61)62/h7,10-19,26,33-36,50-51H,8-9,20-25H2,1-6H3,(H2,48,57)(H2,49,58)(H,59,60)(H,61,62)/t33-,34-,35-,36-,45+,46+/m1/s1. The highest BCUT2D eigenvalue weighted by atomic mass is 19.1. The van der Waals surface area contributed by atoms with Crippen LogP contribution in [0, 0.1) is 16.6 Å². The number of nitrogens with one attached hydrogen (secondary N) is 2. The molecule has 0 unspecified atom stereocenters. The first kappa shape index (κ1) is 45.3. The molecule has 3 saturated heterocycles. The number of hydrogen-bond donors (Lipinski definition) is 6. The number of halogens is 1. The van der Waals surface area contributed by atoms with E-state index in [0.29, 0.717) is 42.5 Å². The SMILES string of the molecule is CC(C)(C)[C@H](NC(=O)O)C(=O)N1CCC[C@@]1(C(N)=O)c1ccc([C@H]2CC[C@H](c3ccc([C@]4(C(N)=O)CCCN4C(=O)[C@@H](NC(=O)O)C(C)(C)C)cc3)N2c2cccc(F)c2)cc1. The smallest absolute Gasteiger partial charge is 0.405 e. The number of rotatable bonds is 11. The summed E-state index contributed by atoms with van der Waals surface area (Å²) in [5.41, 5.74) is 11.0. The Kier molecular flexibility index (Phi) is 12.4. The van der Waals surface area contributed by atoms with Gasteiger partial charge in [0, 0.05) is 18.8 Å². The van der Waals surface area contributed by atoms with E-state index < -0.39 is 75.6 Å². The first-order valence-corrected chi connectivity index (χ1v) is 21.0. The molecule has 0 aliphatic carbocycles. The minimum absolute atomic E-state index is 0.210. The van der Waals surface area contributed by atoms with Crippen molar-refractivity contribution in [1.29, 1.82) is 0 Å². The number of primary amides is 2. The van der Waals surface area contributed by atoms with E-state index in [0.717, 1.165) is 11.1 Å². The summed E-state index contributed by atoms with van der Waals surface area (Å²) in [7, 11) is 0. The van der Waals surface area contributed by atoms with Gasteiger partial charge in [-0.25, -0.2) is 14.0 Å². The van der Waals surface area contributed by atoms with Crippen LogP contribution in [-0.4, -0.2) is 81.0 Å². The molecule has 6 rings (SSSR count). The van der Waals surface area contributed by atoms with Crippen LogP contribution in [0.5, 0.6) is 0 Å². The Morgan fingerprint density at radius 3 is 1.37 bits per heavy atom. The molecular formula is C46H58FN7O8. The van der Waals surface area contributed by atoms with Crippen LogP contribution in [-0.2, 0) is 30.3 Å². The van der Waals surface area contributed by atoms with Crippen LogP contribution in [0.2, 0.25) is 0 Å². The van der Waals surface area contributed by atoms with E-state index in [-0.39, 0.29) is 38.0 Å². The molecular weight excluding hydrogens is 798 g/mol. The Labute approximate surface area is 361 Å². The molecule has 3 aromatic carbocycles. The number of anilines is 1. The summed E-state index contributed by atoms with van der Waals surface area (Å²) in [6, 6.07) is 18.2. The molecule has 3 fully saturated rings. The molecule has 3 heterocycles. The Bertz CT molecular complexity index is 2090. The van der Waals surface area contributed by atoms with Crippen molar-refractivity contribution in [3.63, 3.8) is 0 Å². The largest absolute Gasteiger partial charge is 0.465 e. The van der Waals surface area contributed by atoms with Crippen molar-refractivity contribution in [2.24, 2.45) is 22.3 Å². The van der Waals surface area contributed by atoms with Gasteiger partial charge >= 0.3 is 12.2 Å². The summed E-state index contributed by atoms with van der Waals surface area (Å²) in [5.74, 6) is -2.95. The van der Waals surface area contributed by atoms with Crippen molar-refractivity contribution in [2.45, 2.75) is 115 Å². The zero-order valence-corrected chi connectivity index (χ0v) is 36.1. The summed E-state index contributed by atoms with van der Waals surface area (Å²) in [4.78, 5) is 83.5. The Morgan fingerprint density at radius 2 is 1.05 bits per heavy atom. The lowest BCUT2D eigenvalue weighted by Gasteiger charge is -2.41. The maximum absolute atomic E-state index is 14.9. The van der Waals surface area contributed by atoms with E-state index in [9.17, 15) is 43.4 Å². The van der Waals surface area contributed by atoms with Gasteiger partial charge in [0.1, 0.15) is 29.0 Å². The van der Waals surface area contributed by atoms with Crippen molar-refractivity contribution in [1.82, 2.24) is 20.4 Å². The normalized spacial score (nSPS) is 23.8. The van der Waals surface area contributed by atoms with Crippen molar-refractivity contribution >= 4 is 41.5 Å². The second-order valence-corrected chi connectivity index (χ2v) is 18.9. The van der Waals surface area contributed by atoms with Crippen molar-refractivity contribution in [3.05, 3.63) is 101 Å². The van der Waals surface area contributed by atoms with E-state index in [2.05, 4.69) is 15.5 Å². The molecule has 3 aromatic rings. The summed E-state index contributed by atoms with van der Waals surface area (Å²) < 4.78 is 14.9. The number of carbonyl (C=O) groups is 6. The summed E-state index contributed by atoms with van der Waals surface area (Å²) in [5, 5.41) is 23.8. The highest BCUT2D eigenvalue weighted by Gasteiger charge is 2.54. The number of carbonyl (C=O) groups excluding carboxylic acids is 4. The molecule has 8 N–H and O–H groups in total. The van der Waals surface area contributed by atoms with E-state index >= 15 is 0 Å². The predicted molar refractivity (Wildman–Crippen MR) is 229 cm³/mol. The highest BCUT2D eigenvalue weighted by molar-refractivity contribution is 5.96. The summed E-state index contributed by atoms with van der Waals surface area (Å²) in [6.07, 6.45) is 0.0603. The number of amides is 6. The lowest BCUT2D eigenvalue weighted by atomic mass is 9.82. The molecule has 16 heteroatoms. The van der Waals surface area contributed by atoms with Crippen LogP contribution in [0.25, 0.3) is 0 Å². The van der Waals surface area contributed by atoms with Crippen molar-refractivity contribution in [3.8, 4) is 0 Å². The van der Waals surface area contributed by atoms with Crippen LogP contribution >= 0.6 is 0 Å². The topological polar surface area (TPSA) is 229 Å². The third kappa shape index (κ3) is 8.26. The fourth-order valence-electron chi connectivity index (χ4n) is 9.91. The van der Waals surface area contributed by atoms with Gasteiger partial charge < -0.3 is 47.0 Å². The Morgan fingerprint density at radius 1 is 0.661 bits per heavy atom. The fourth-order valence-corrected chi connectivity index (χ4v) is 9.91. The van der Waals surface area contributed by atoms with E-state index in [1.54, 1.807) is 71.9 Å². The van der Waals surface area contributed by atoms with Crippen molar-refractivity contribution < 1.29 is 43.4 Å². The molecule has 0 spiro atoms. The lowest BCUT2D eigenvalue weighted by molar-refractivity contribution is -0.147. The van der Waals surface area contributed by atoms with Gasteiger partial charge in [-0.05, 0) is 89.8 Å². The van der Waals surface area contributed by atoms with E-state index in [4.69, 9.17) is 11.5 Å². The predicted octanol–water partition coefficient (Wildman–Crippen LogP) is 5.88. The van der Waals surface area contributed by atoms with Gasteiger partial charge in [-0.2, -0.15) is 0 Å². The minimum atomic E-state index is -1.51. The zero-order valence-electron chi connectivity index (χ0n) is 36.1. The average molecular weight is 856 g/mol. The van der Waals surface area contributed by atoms with Gasteiger partial charge in [0.05, 0.1) is 12.1 Å². The molecule has 0 radical (unpaired) electrons. The molecule has 6 amide bonds. The minimum Gasteiger partial charge on any atom is -0.465 e. The molecule has 332 valence electrons. The van der Waals surface area contributed by atoms with Gasteiger partial charge in [0.2, 0.25) is 23.6 Å². The molecule has 0 bridgehead atoms. The molecule has 0 saturated carbocycles. The molecule has 6 atom stereocenters. The van der Waals surface area contributed by atoms with Gasteiger partial charge in [-0.1, -0.05) is 96.1 Å². The fraction of sp³-hybridized carbons (Fsp3) is 0.478. The monoisotopic (exact) mass is 855 g/mol. The first-order chi connectivity index (χ1) is 29.0. The van der Waals surface area contributed by atoms with E-state index in [1.165, 1.54) is 21.9 Å². The molecule has 3 aliphatic rings. The van der Waals surface area contributed by atoms with Gasteiger partial charge in [0.25, 0.3) is 0 Å². The Hall–Kier alpha value is -6.19. The quantitative estimate of drug-likeness (QED) is 0.135. The van der Waals surface area contributed by atoms with Crippen LogP contribution < -0.4 is 27.0 Å². The van der Waals surface area contributed by atoms with E-state index in [1.807, 2.05) is 30.3 Å². The zero-order chi connectivity index (χ0) is 45.5. The second-order valence-electron chi connectivity index (χ2n) is 18.9. The summed E-state index contributed by atoms with van der Waals surface area (Å²) in [6.45, 7) is 10.9. The number of carboxylic acid groups (broad SMARTS) is 2. The Balaban J connectivity index is 1.33. The number of likely N-dealkylation sites (tertiary alicyclic amines) is 2. The molecule has 3 aliphatic heterocycles. The number of nitrogens with two attached hydrogens (primary N) is 2. The van der Waals surface area contributed by atoms with Gasteiger partial charge in [-0.15, -0.1) is 0 Å². The molecule has 62 heavy (non-hydrogen) atoms. The van der Waals surface area contributed by atoms with Gasteiger partial charge in [-0.3, -0.25) is 19.2 Å². The van der Waals surface area contributed by atoms with Crippen LogP contribution in [0.1, 0.15) is 114 Å². The third-order valence-corrected chi connectivity index (χ3v) is 12.9. The molecule has 0 aromatic heterocycles. The van der Waals surface area contributed by atoms with Crippen LogP contribution in [0.15, 0.2) is 72.8 Å². The highest BCUT2D eigenvalue weighted by Crippen LogP contribution is 2.49. The first-order valence-electron chi connectivity index (χ1n) is 21.0. The number of nitrogens with zero attached hydrogens (tertiary/aromatic N) is 3. The number of hydrogen-bond acceptors (Lipinski definition) is 7. The second kappa shape index (κ2) is 16.9. The third-order valence-electron chi connectivity index (χ3n) is 12.9. The van der Waals surface area contributed by atoms with Crippen LogP contribution in [0.3, 0.4) is 0 Å². The van der Waals surface area contributed by atoms with Crippen molar-refractivity contribution in [2.75, 3.05) is 18.0 Å². The molecule has 15 nitrogen and oxygen atoms in total. The lowest BCUT2D eigenvalue weighted by Crippen LogP contribution is -2.61. The summed E-state index contributed by atoms with van der Waals surface area (Å²) >= 11 is 0.